The molecule has 106 valence electrons. The van der Waals surface area contributed by atoms with Crippen molar-refractivity contribution in [3.05, 3.63) is 0 Å². The predicted molar refractivity (Wildman–Crippen MR) is 62.9 cm³/mol. The molecular weight excluding hydrogens is 245 g/mol. The Labute approximate surface area is 106 Å². The fourth-order valence-electron chi connectivity index (χ4n) is 2.61. The van der Waals surface area contributed by atoms with E-state index in [0.29, 0.717) is 12.8 Å². The van der Waals surface area contributed by atoms with E-state index in [4.69, 9.17) is 5.73 Å². The fraction of sp³-hybridized carbons (Fsp3) is 0.917. The minimum Gasteiger partial charge on any atom is -0.333 e. The smallest absolute Gasteiger partial charge is 0.333 e. The van der Waals surface area contributed by atoms with Gasteiger partial charge in [-0.05, 0) is 19.8 Å². The van der Waals surface area contributed by atoms with Crippen LogP contribution in [-0.4, -0.2) is 36.6 Å². The Bertz CT molecular complexity index is 286. The number of nitrogens with two attached hydrogens (primary N) is 1. The molecule has 0 unspecified atom stereocenters. The highest BCUT2D eigenvalue weighted by Gasteiger charge is 2.43. The van der Waals surface area contributed by atoms with E-state index in [1.165, 1.54) is 0 Å². The molecule has 0 heterocycles. The third-order valence-electron chi connectivity index (χ3n) is 3.69. The lowest BCUT2D eigenvalue weighted by atomic mass is 9.73. The SMILES string of the molecule is CCN(CC(F)(F)F)C(=O)C1(CN)CCCCC1. The average Bonchev–Trinajstić information content (AvgIpc) is 2.35. The van der Waals surface area contributed by atoms with Gasteiger partial charge in [-0.25, -0.2) is 0 Å². The van der Waals surface area contributed by atoms with Gasteiger partial charge in [-0.15, -0.1) is 0 Å². The van der Waals surface area contributed by atoms with Crippen molar-refractivity contribution in [2.45, 2.75) is 45.2 Å². The molecule has 0 bridgehead atoms. The van der Waals surface area contributed by atoms with Gasteiger partial charge in [0.1, 0.15) is 6.54 Å². The number of halogens is 3. The molecule has 3 nitrogen and oxygen atoms in total. The van der Waals surface area contributed by atoms with Crippen LogP contribution in [0.4, 0.5) is 13.2 Å². The molecule has 1 aliphatic carbocycles. The van der Waals surface area contributed by atoms with Gasteiger partial charge < -0.3 is 10.6 Å². The van der Waals surface area contributed by atoms with Gasteiger partial charge in [-0.3, -0.25) is 4.79 Å². The second-order valence-corrected chi connectivity index (χ2v) is 4.98. The second kappa shape index (κ2) is 5.91. The van der Waals surface area contributed by atoms with Crippen LogP contribution in [0.2, 0.25) is 0 Å². The summed E-state index contributed by atoms with van der Waals surface area (Å²) in [6.45, 7) is 0.598. The van der Waals surface area contributed by atoms with Crippen molar-refractivity contribution in [1.82, 2.24) is 4.90 Å². The zero-order valence-corrected chi connectivity index (χ0v) is 10.7. The van der Waals surface area contributed by atoms with Crippen LogP contribution in [0.5, 0.6) is 0 Å². The number of nitrogens with zero attached hydrogens (tertiary/aromatic N) is 1. The van der Waals surface area contributed by atoms with Crippen LogP contribution in [0.25, 0.3) is 0 Å². The Morgan fingerprint density at radius 3 is 2.22 bits per heavy atom. The van der Waals surface area contributed by atoms with E-state index < -0.39 is 24.0 Å². The number of carbonyl (C=O) groups excluding carboxylic acids is 1. The van der Waals surface area contributed by atoms with Crippen molar-refractivity contribution >= 4 is 5.91 Å². The molecule has 0 radical (unpaired) electrons. The molecule has 18 heavy (non-hydrogen) atoms. The van der Waals surface area contributed by atoms with Crippen LogP contribution in [0.15, 0.2) is 0 Å². The lowest BCUT2D eigenvalue weighted by Gasteiger charge is -2.39. The summed E-state index contributed by atoms with van der Waals surface area (Å²) in [6, 6.07) is 0. The monoisotopic (exact) mass is 266 g/mol. The van der Waals surface area contributed by atoms with Gasteiger partial charge in [-0.2, -0.15) is 13.2 Å². The number of amides is 1. The summed E-state index contributed by atoms with van der Waals surface area (Å²) in [5, 5.41) is 0. The van der Waals surface area contributed by atoms with E-state index in [-0.39, 0.29) is 13.1 Å². The molecule has 0 aromatic heterocycles. The highest BCUT2D eigenvalue weighted by molar-refractivity contribution is 5.83. The summed E-state index contributed by atoms with van der Waals surface area (Å²) >= 11 is 0. The van der Waals surface area contributed by atoms with Gasteiger partial charge in [0.05, 0.1) is 5.41 Å². The maximum atomic E-state index is 12.4. The Kier molecular flexibility index (Phi) is 5.01. The predicted octanol–water partition coefficient (Wildman–Crippen LogP) is 2.31. The first-order valence-electron chi connectivity index (χ1n) is 6.41. The Balaban J connectivity index is 2.80. The number of hydrogen-bond acceptors (Lipinski definition) is 2. The molecule has 1 saturated carbocycles. The summed E-state index contributed by atoms with van der Waals surface area (Å²) in [7, 11) is 0. The third kappa shape index (κ3) is 3.60. The molecule has 2 N–H and O–H groups in total. The highest BCUT2D eigenvalue weighted by atomic mass is 19.4. The van der Waals surface area contributed by atoms with E-state index >= 15 is 0 Å². The maximum Gasteiger partial charge on any atom is 0.406 e. The highest BCUT2D eigenvalue weighted by Crippen LogP contribution is 2.37. The molecule has 1 amide bonds. The van der Waals surface area contributed by atoms with Crippen molar-refractivity contribution in [2.75, 3.05) is 19.6 Å². The van der Waals surface area contributed by atoms with Gasteiger partial charge in [0.15, 0.2) is 0 Å². The van der Waals surface area contributed by atoms with E-state index in [1.54, 1.807) is 6.92 Å². The van der Waals surface area contributed by atoms with Crippen molar-refractivity contribution in [3.8, 4) is 0 Å². The minimum atomic E-state index is -4.35. The van der Waals surface area contributed by atoms with Crippen molar-refractivity contribution < 1.29 is 18.0 Å². The second-order valence-electron chi connectivity index (χ2n) is 4.98. The van der Waals surface area contributed by atoms with Crippen LogP contribution in [0.3, 0.4) is 0 Å². The molecule has 0 atom stereocenters. The van der Waals surface area contributed by atoms with Gasteiger partial charge in [0.2, 0.25) is 5.91 Å². The first-order valence-corrected chi connectivity index (χ1v) is 6.41. The van der Waals surface area contributed by atoms with Crippen molar-refractivity contribution in [3.63, 3.8) is 0 Å². The Hall–Kier alpha value is -0.780. The Morgan fingerprint density at radius 1 is 1.28 bits per heavy atom. The van der Waals surface area contributed by atoms with E-state index in [2.05, 4.69) is 0 Å². The molecule has 0 spiro atoms. The molecular formula is C12H21F3N2O. The zero-order valence-electron chi connectivity index (χ0n) is 10.7. The average molecular weight is 266 g/mol. The van der Waals surface area contributed by atoms with Crippen LogP contribution in [-0.2, 0) is 4.79 Å². The normalized spacial score (nSPS) is 19.6. The molecule has 0 aliphatic heterocycles. The lowest BCUT2D eigenvalue weighted by molar-refractivity contribution is -0.168. The summed E-state index contributed by atoms with van der Waals surface area (Å²) in [4.78, 5) is 13.2. The van der Waals surface area contributed by atoms with Gasteiger partial charge in [0, 0.05) is 13.1 Å². The summed E-state index contributed by atoms with van der Waals surface area (Å²) in [5.41, 5.74) is 4.90. The number of alkyl halides is 3. The van der Waals surface area contributed by atoms with Crippen LogP contribution < -0.4 is 5.73 Å². The number of rotatable bonds is 4. The van der Waals surface area contributed by atoms with Crippen molar-refractivity contribution in [1.29, 1.82) is 0 Å². The van der Waals surface area contributed by atoms with Gasteiger partial charge in [0.25, 0.3) is 0 Å². The van der Waals surface area contributed by atoms with Gasteiger partial charge >= 0.3 is 6.18 Å². The van der Waals surface area contributed by atoms with E-state index in [1.807, 2.05) is 0 Å². The largest absolute Gasteiger partial charge is 0.406 e. The molecule has 1 fully saturated rings. The quantitative estimate of drug-likeness (QED) is 0.848. The maximum absolute atomic E-state index is 12.4. The Morgan fingerprint density at radius 2 is 1.83 bits per heavy atom. The van der Waals surface area contributed by atoms with Crippen LogP contribution in [0.1, 0.15) is 39.0 Å². The number of carbonyl (C=O) groups is 1. The first kappa shape index (κ1) is 15.3. The summed E-state index contributed by atoms with van der Waals surface area (Å²) in [6.07, 6.45) is -0.372. The fourth-order valence-corrected chi connectivity index (χ4v) is 2.61. The van der Waals surface area contributed by atoms with Crippen LogP contribution in [0, 0.1) is 5.41 Å². The molecule has 6 heteroatoms. The molecule has 1 aliphatic rings. The molecule has 1 rings (SSSR count). The minimum absolute atomic E-state index is 0.0695. The molecule has 0 aromatic rings. The standard InChI is InChI=1S/C12H21F3N2O/c1-2-17(9-12(13,14)15)10(18)11(8-16)6-4-3-5-7-11/h2-9,16H2,1H3. The van der Waals surface area contributed by atoms with E-state index in [0.717, 1.165) is 24.2 Å². The number of hydrogen-bond donors (Lipinski definition) is 1. The van der Waals surface area contributed by atoms with Crippen LogP contribution >= 0.6 is 0 Å². The zero-order chi connectivity index (χ0) is 13.8. The molecule has 0 saturated heterocycles. The van der Waals surface area contributed by atoms with Gasteiger partial charge in [-0.1, -0.05) is 19.3 Å². The summed E-state index contributed by atoms with van der Waals surface area (Å²) < 4.78 is 37.3. The lowest BCUT2D eigenvalue weighted by Crippen LogP contribution is -2.51. The first-order chi connectivity index (χ1) is 8.34. The topological polar surface area (TPSA) is 46.3 Å². The third-order valence-corrected chi connectivity index (χ3v) is 3.69. The molecule has 0 aromatic carbocycles. The van der Waals surface area contributed by atoms with Crippen molar-refractivity contribution in [2.24, 2.45) is 11.1 Å². The summed E-state index contributed by atoms with van der Waals surface area (Å²) in [5.74, 6) is -0.426. The van der Waals surface area contributed by atoms with E-state index in [9.17, 15) is 18.0 Å².